The SMILES string of the molecule is CC(OC(=O)c1ccc(COCC(F)(F)F)cc1)C(=O)Nc1ccccc1Cl. The molecular weight excluding hydrogens is 399 g/mol. The van der Waals surface area contributed by atoms with E-state index in [2.05, 4.69) is 10.1 Å². The van der Waals surface area contributed by atoms with Crippen molar-refractivity contribution >= 4 is 29.2 Å². The summed E-state index contributed by atoms with van der Waals surface area (Å²) < 4.78 is 45.8. The van der Waals surface area contributed by atoms with E-state index in [1.165, 1.54) is 31.2 Å². The van der Waals surface area contributed by atoms with Gasteiger partial charge in [0.25, 0.3) is 5.91 Å². The monoisotopic (exact) mass is 415 g/mol. The number of amides is 1. The molecule has 0 aromatic heterocycles. The Balaban J connectivity index is 1.87. The fourth-order valence-corrected chi connectivity index (χ4v) is 2.28. The number of para-hydroxylation sites is 1. The highest BCUT2D eigenvalue weighted by Gasteiger charge is 2.27. The zero-order valence-electron chi connectivity index (χ0n) is 14.8. The number of carbonyl (C=O) groups excluding carboxylic acids is 2. The smallest absolute Gasteiger partial charge is 0.411 e. The van der Waals surface area contributed by atoms with E-state index in [9.17, 15) is 22.8 Å². The van der Waals surface area contributed by atoms with Crippen molar-refractivity contribution in [2.45, 2.75) is 25.8 Å². The van der Waals surface area contributed by atoms with Crippen LogP contribution in [0.2, 0.25) is 5.02 Å². The average molecular weight is 416 g/mol. The standard InChI is InChI=1S/C19H17ClF3NO4/c1-12(17(25)24-16-5-3-2-4-15(16)20)28-18(26)14-8-6-13(7-9-14)10-27-11-19(21,22)23/h2-9,12H,10-11H2,1H3,(H,24,25). The second-order valence-electron chi connectivity index (χ2n) is 5.82. The van der Waals surface area contributed by atoms with E-state index in [1.807, 2.05) is 0 Å². The second-order valence-corrected chi connectivity index (χ2v) is 6.23. The molecule has 0 radical (unpaired) electrons. The number of carbonyl (C=O) groups is 2. The number of benzene rings is 2. The van der Waals surface area contributed by atoms with Crippen molar-refractivity contribution in [3.8, 4) is 0 Å². The van der Waals surface area contributed by atoms with Crippen molar-refractivity contribution in [3.63, 3.8) is 0 Å². The minimum absolute atomic E-state index is 0.150. The van der Waals surface area contributed by atoms with Crippen LogP contribution in [0.5, 0.6) is 0 Å². The Labute approximate surface area is 164 Å². The van der Waals surface area contributed by atoms with Crippen LogP contribution in [0.4, 0.5) is 18.9 Å². The molecule has 1 N–H and O–H groups in total. The van der Waals surface area contributed by atoms with E-state index in [0.717, 1.165) is 0 Å². The summed E-state index contributed by atoms with van der Waals surface area (Å²) in [7, 11) is 0. The van der Waals surface area contributed by atoms with Crippen molar-refractivity contribution in [2.24, 2.45) is 0 Å². The van der Waals surface area contributed by atoms with Gasteiger partial charge in [-0.05, 0) is 36.8 Å². The Kier molecular flexibility index (Phi) is 7.42. The summed E-state index contributed by atoms with van der Waals surface area (Å²) in [6.07, 6.45) is -5.48. The Morgan fingerprint density at radius 3 is 2.36 bits per heavy atom. The fourth-order valence-electron chi connectivity index (χ4n) is 2.10. The van der Waals surface area contributed by atoms with Crippen molar-refractivity contribution in [1.29, 1.82) is 0 Å². The molecule has 0 saturated heterocycles. The molecule has 150 valence electrons. The summed E-state index contributed by atoms with van der Waals surface area (Å²) in [6, 6.07) is 12.3. The molecule has 2 aromatic carbocycles. The van der Waals surface area contributed by atoms with Gasteiger partial charge in [0, 0.05) is 0 Å². The summed E-state index contributed by atoms with van der Waals surface area (Å²) in [5.74, 6) is -1.30. The van der Waals surface area contributed by atoms with Gasteiger partial charge in [0.15, 0.2) is 6.10 Å². The van der Waals surface area contributed by atoms with Gasteiger partial charge >= 0.3 is 12.1 Å². The lowest BCUT2D eigenvalue weighted by Crippen LogP contribution is -2.30. The molecule has 0 heterocycles. The van der Waals surface area contributed by atoms with Crippen LogP contribution in [0.1, 0.15) is 22.8 Å². The molecule has 2 aromatic rings. The van der Waals surface area contributed by atoms with Gasteiger partial charge in [-0.3, -0.25) is 4.79 Å². The van der Waals surface area contributed by atoms with E-state index in [4.69, 9.17) is 16.3 Å². The quantitative estimate of drug-likeness (QED) is 0.671. The molecule has 1 atom stereocenters. The van der Waals surface area contributed by atoms with Gasteiger partial charge in [0.2, 0.25) is 0 Å². The average Bonchev–Trinajstić information content (AvgIpc) is 2.63. The molecular formula is C19H17ClF3NO4. The lowest BCUT2D eigenvalue weighted by atomic mass is 10.1. The second kappa shape index (κ2) is 9.57. The van der Waals surface area contributed by atoms with Crippen molar-refractivity contribution in [2.75, 3.05) is 11.9 Å². The highest BCUT2D eigenvalue weighted by molar-refractivity contribution is 6.33. The number of halogens is 4. The Hall–Kier alpha value is -2.58. The molecule has 0 saturated carbocycles. The molecule has 0 fully saturated rings. The highest BCUT2D eigenvalue weighted by Crippen LogP contribution is 2.21. The first-order valence-electron chi connectivity index (χ1n) is 8.15. The van der Waals surface area contributed by atoms with E-state index < -0.39 is 30.8 Å². The zero-order valence-corrected chi connectivity index (χ0v) is 15.5. The van der Waals surface area contributed by atoms with Crippen molar-refractivity contribution in [3.05, 3.63) is 64.7 Å². The number of anilines is 1. The van der Waals surface area contributed by atoms with Crippen LogP contribution in [-0.4, -0.2) is 30.8 Å². The lowest BCUT2D eigenvalue weighted by Gasteiger charge is -2.14. The normalized spacial score (nSPS) is 12.3. The van der Waals surface area contributed by atoms with Gasteiger partial charge in [-0.25, -0.2) is 4.79 Å². The molecule has 28 heavy (non-hydrogen) atoms. The molecule has 1 unspecified atom stereocenters. The molecule has 0 aliphatic carbocycles. The molecule has 0 aliphatic heterocycles. The molecule has 0 aliphatic rings. The Morgan fingerprint density at radius 2 is 1.75 bits per heavy atom. The first kappa shape index (κ1) is 21.7. The van der Waals surface area contributed by atoms with Gasteiger partial charge in [-0.1, -0.05) is 35.9 Å². The van der Waals surface area contributed by atoms with E-state index in [-0.39, 0.29) is 12.2 Å². The number of ether oxygens (including phenoxy) is 2. The molecule has 1 amide bonds. The largest absolute Gasteiger partial charge is 0.449 e. The maximum Gasteiger partial charge on any atom is 0.411 e. The number of rotatable bonds is 7. The molecule has 0 spiro atoms. The van der Waals surface area contributed by atoms with E-state index >= 15 is 0 Å². The summed E-state index contributed by atoms with van der Waals surface area (Å²) in [5.41, 5.74) is 1.00. The lowest BCUT2D eigenvalue weighted by molar-refractivity contribution is -0.176. The summed E-state index contributed by atoms with van der Waals surface area (Å²) in [4.78, 5) is 24.3. The van der Waals surface area contributed by atoms with Crippen LogP contribution in [0.3, 0.4) is 0 Å². The van der Waals surface area contributed by atoms with Crippen LogP contribution in [0, 0.1) is 0 Å². The van der Waals surface area contributed by atoms with Crippen LogP contribution in [0.15, 0.2) is 48.5 Å². The third-order valence-corrected chi connectivity index (χ3v) is 3.84. The Morgan fingerprint density at radius 1 is 1.11 bits per heavy atom. The third-order valence-electron chi connectivity index (χ3n) is 3.51. The molecule has 0 bridgehead atoms. The van der Waals surface area contributed by atoms with Crippen LogP contribution >= 0.6 is 11.6 Å². The van der Waals surface area contributed by atoms with E-state index in [0.29, 0.717) is 16.3 Å². The molecule has 2 rings (SSSR count). The van der Waals surface area contributed by atoms with Gasteiger partial charge < -0.3 is 14.8 Å². The summed E-state index contributed by atoms with van der Waals surface area (Å²) in [5, 5.41) is 2.90. The van der Waals surface area contributed by atoms with E-state index in [1.54, 1.807) is 24.3 Å². The third kappa shape index (κ3) is 6.86. The number of alkyl halides is 3. The van der Waals surface area contributed by atoms with Gasteiger partial charge in [-0.2, -0.15) is 13.2 Å². The minimum atomic E-state index is -4.40. The number of hydrogen-bond acceptors (Lipinski definition) is 4. The highest BCUT2D eigenvalue weighted by atomic mass is 35.5. The first-order chi connectivity index (χ1) is 13.2. The van der Waals surface area contributed by atoms with Crippen LogP contribution in [0.25, 0.3) is 0 Å². The van der Waals surface area contributed by atoms with Crippen molar-refractivity contribution in [1.82, 2.24) is 0 Å². The number of nitrogens with one attached hydrogen (secondary N) is 1. The molecule has 5 nitrogen and oxygen atoms in total. The van der Waals surface area contributed by atoms with Crippen LogP contribution < -0.4 is 5.32 Å². The fraction of sp³-hybridized carbons (Fsp3) is 0.263. The van der Waals surface area contributed by atoms with Gasteiger partial charge in [0.1, 0.15) is 6.61 Å². The molecule has 9 heteroatoms. The maximum absolute atomic E-state index is 12.1. The first-order valence-corrected chi connectivity index (χ1v) is 8.53. The van der Waals surface area contributed by atoms with Crippen molar-refractivity contribution < 1.29 is 32.2 Å². The van der Waals surface area contributed by atoms with Crippen LogP contribution in [-0.2, 0) is 20.9 Å². The maximum atomic E-state index is 12.1. The number of hydrogen-bond donors (Lipinski definition) is 1. The predicted molar refractivity (Wildman–Crippen MR) is 97.1 cm³/mol. The predicted octanol–water partition coefficient (Wildman–Crippen LogP) is 4.60. The Bertz CT molecular complexity index is 825. The van der Waals surface area contributed by atoms with Gasteiger partial charge in [0.05, 0.1) is 22.9 Å². The van der Waals surface area contributed by atoms with Gasteiger partial charge in [-0.15, -0.1) is 0 Å². The summed E-state index contributed by atoms with van der Waals surface area (Å²) in [6.45, 7) is -0.191. The topological polar surface area (TPSA) is 64.6 Å². The minimum Gasteiger partial charge on any atom is -0.449 e. The summed E-state index contributed by atoms with van der Waals surface area (Å²) >= 11 is 5.96. The zero-order chi connectivity index (χ0) is 20.7. The number of esters is 1.